The fourth-order valence-electron chi connectivity index (χ4n) is 1.18. The quantitative estimate of drug-likeness (QED) is 0.476. The van der Waals surface area contributed by atoms with Gasteiger partial charge in [-0.05, 0) is 28.7 Å². The van der Waals surface area contributed by atoms with E-state index in [1.54, 1.807) is 11.6 Å². The minimum atomic E-state index is -0.424. The van der Waals surface area contributed by atoms with Crippen LogP contribution < -0.4 is 4.74 Å². The van der Waals surface area contributed by atoms with Gasteiger partial charge in [0.25, 0.3) is 5.69 Å². The van der Waals surface area contributed by atoms with Crippen LogP contribution in [0.25, 0.3) is 0 Å². The molecule has 17 heavy (non-hydrogen) atoms. The first-order valence-electron chi connectivity index (χ1n) is 4.60. The number of ether oxygens (including phenoxy) is 1. The van der Waals surface area contributed by atoms with Crippen molar-refractivity contribution < 1.29 is 9.66 Å². The van der Waals surface area contributed by atoms with Crippen LogP contribution in [-0.4, -0.2) is 9.91 Å². The fraction of sp³-hybridized carbons (Fsp3) is 0.100. The lowest BCUT2D eigenvalue weighted by Crippen LogP contribution is -1.98. The van der Waals surface area contributed by atoms with Crippen LogP contribution in [0.4, 0.5) is 5.69 Å². The summed E-state index contributed by atoms with van der Waals surface area (Å²) in [4.78, 5) is 14.2. The second kappa shape index (κ2) is 5.41. The van der Waals surface area contributed by atoms with E-state index in [4.69, 9.17) is 4.74 Å². The van der Waals surface area contributed by atoms with E-state index in [9.17, 15) is 10.1 Å². The van der Waals surface area contributed by atoms with E-state index in [0.29, 0.717) is 15.9 Å². The molecule has 0 saturated carbocycles. The number of nitro benzene ring substituents is 1. The first-order valence-corrected chi connectivity index (χ1v) is 6.63. The molecule has 2 rings (SSSR count). The lowest BCUT2D eigenvalue weighted by atomic mass is 10.3. The van der Waals surface area contributed by atoms with E-state index >= 15 is 0 Å². The van der Waals surface area contributed by atoms with Crippen molar-refractivity contribution in [2.24, 2.45) is 0 Å². The van der Waals surface area contributed by atoms with Gasteiger partial charge < -0.3 is 4.74 Å². The molecule has 0 fully saturated rings. The summed E-state index contributed by atoms with van der Waals surface area (Å²) in [5.41, 5.74) is 2.65. The van der Waals surface area contributed by atoms with Crippen LogP contribution >= 0.6 is 33.9 Å². The summed E-state index contributed by atoms with van der Waals surface area (Å²) >= 11 is 3.52. The Morgan fingerprint density at radius 1 is 1.53 bits per heavy atom. The molecule has 0 aliphatic carbocycles. The smallest absolute Gasteiger partial charge is 0.270 e. The molecule has 0 atom stereocenters. The molecule has 5 nitrogen and oxygen atoms in total. The number of nitro groups is 1. The predicted octanol–water partition coefficient (Wildman–Crippen LogP) is 3.23. The SMILES string of the molecule is O=[N+]([O-])c1ccc(OCc2cscn2)c(I)c1. The number of non-ortho nitro benzene ring substituents is 1. The van der Waals surface area contributed by atoms with Crippen molar-refractivity contribution in [3.8, 4) is 5.75 Å². The van der Waals surface area contributed by atoms with Crippen molar-refractivity contribution in [3.05, 3.63) is 48.5 Å². The maximum absolute atomic E-state index is 10.6. The highest BCUT2D eigenvalue weighted by Gasteiger charge is 2.10. The molecule has 0 N–H and O–H groups in total. The van der Waals surface area contributed by atoms with E-state index in [-0.39, 0.29) is 5.69 Å². The van der Waals surface area contributed by atoms with Crippen LogP contribution in [0, 0.1) is 13.7 Å². The van der Waals surface area contributed by atoms with Crippen molar-refractivity contribution in [2.75, 3.05) is 0 Å². The van der Waals surface area contributed by atoms with Crippen LogP contribution in [0.2, 0.25) is 0 Å². The van der Waals surface area contributed by atoms with Gasteiger partial charge in [-0.2, -0.15) is 0 Å². The normalized spacial score (nSPS) is 10.2. The number of hydrogen-bond donors (Lipinski definition) is 0. The average Bonchev–Trinajstić information content (AvgIpc) is 2.80. The third kappa shape index (κ3) is 3.13. The van der Waals surface area contributed by atoms with Gasteiger partial charge in [0.1, 0.15) is 12.4 Å². The van der Waals surface area contributed by atoms with Crippen LogP contribution in [0.5, 0.6) is 5.75 Å². The van der Waals surface area contributed by atoms with E-state index in [1.807, 2.05) is 28.0 Å². The molecule has 7 heteroatoms. The first-order chi connectivity index (χ1) is 8.16. The number of halogens is 1. The van der Waals surface area contributed by atoms with Crippen molar-refractivity contribution in [1.82, 2.24) is 4.98 Å². The third-order valence-corrected chi connectivity index (χ3v) is 3.46. The summed E-state index contributed by atoms with van der Waals surface area (Å²) in [7, 11) is 0. The summed E-state index contributed by atoms with van der Waals surface area (Å²) in [6.45, 7) is 0.372. The first kappa shape index (κ1) is 12.2. The second-order valence-corrected chi connectivity index (χ2v) is 5.02. The molecule has 0 spiro atoms. The van der Waals surface area contributed by atoms with E-state index < -0.39 is 4.92 Å². The molecule has 1 aromatic heterocycles. The molecule has 0 saturated heterocycles. The largest absolute Gasteiger partial charge is 0.486 e. The van der Waals surface area contributed by atoms with E-state index in [1.165, 1.54) is 23.5 Å². The van der Waals surface area contributed by atoms with Crippen LogP contribution in [0.3, 0.4) is 0 Å². The van der Waals surface area contributed by atoms with Crippen LogP contribution in [0.1, 0.15) is 5.69 Å². The van der Waals surface area contributed by atoms with Gasteiger partial charge in [0.2, 0.25) is 0 Å². The highest BCUT2D eigenvalue weighted by atomic mass is 127. The molecule has 0 radical (unpaired) electrons. The molecule has 0 aliphatic rings. The molecule has 0 unspecified atom stereocenters. The Kier molecular flexibility index (Phi) is 3.89. The topological polar surface area (TPSA) is 65.3 Å². The van der Waals surface area contributed by atoms with Gasteiger partial charge in [0.05, 0.1) is 19.7 Å². The maximum atomic E-state index is 10.6. The summed E-state index contributed by atoms with van der Waals surface area (Å²) < 4.78 is 6.24. The third-order valence-electron chi connectivity index (χ3n) is 1.99. The number of hydrogen-bond acceptors (Lipinski definition) is 5. The average molecular weight is 362 g/mol. The zero-order chi connectivity index (χ0) is 12.3. The Hall–Kier alpha value is -1.22. The van der Waals surface area contributed by atoms with Gasteiger partial charge in [0.15, 0.2) is 0 Å². The van der Waals surface area contributed by atoms with Gasteiger partial charge in [-0.1, -0.05) is 0 Å². The Morgan fingerprint density at radius 3 is 2.94 bits per heavy atom. The highest BCUT2D eigenvalue weighted by Crippen LogP contribution is 2.26. The molecule has 0 amide bonds. The minimum absolute atomic E-state index is 0.0652. The molecular formula is C10H7IN2O3S. The fourth-order valence-corrected chi connectivity index (χ4v) is 2.38. The van der Waals surface area contributed by atoms with E-state index in [2.05, 4.69) is 4.98 Å². The van der Waals surface area contributed by atoms with Gasteiger partial charge in [-0.15, -0.1) is 11.3 Å². The Bertz CT molecular complexity index is 530. The summed E-state index contributed by atoms with van der Waals surface area (Å²) in [5.74, 6) is 0.629. The maximum Gasteiger partial charge on any atom is 0.270 e. The number of thiazole rings is 1. The molecule has 0 aliphatic heterocycles. The lowest BCUT2D eigenvalue weighted by Gasteiger charge is -2.06. The molecular weight excluding hydrogens is 355 g/mol. The number of rotatable bonds is 4. The zero-order valence-corrected chi connectivity index (χ0v) is 11.5. The Balaban J connectivity index is 2.09. The second-order valence-electron chi connectivity index (χ2n) is 3.14. The van der Waals surface area contributed by atoms with Gasteiger partial charge in [-0.25, -0.2) is 4.98 Å². The number of nitrogens with zero attached hydrogens (tertiary/aromatic N) is 2. The van der Waals surface area contributed by atoms with Crippen molar-refractivity contribution in [3.63, 3.8) is 0 Å². The molecule has 1 aromatic carbocycles. The van der Waals surface area contributed by atoms with Gasteiger partial charge in [0, 0.05) is 17.5 Å². The monoisotopic (exact) mass is 362 g/mol. The lowest BCUT2D eigenvalue weighted by molar-refractivity contribution is -0.385. The predicted molar refractivity (Wildman–Crippen MR) is 72.3 cm³/mol. The van der Waals surface area contributed by atoms with Crippen molar-refractivity contribution in [1.29, 1.82) is 0 Å². The zero-order valence-electron chi connectivity index (χ0n) is 8.50. The van der Waals surface area contributed by atoms with Crippen molar-refractivity contribution in [2.45, 2.75) is 6.61 Å². The number of benzene rings is 1. The van der Waals surface area contributed by atoms with Crippen LogP contribution in [0.15, 0.2) is 29.1 Å². The number of aromatic nitrogens is 1. The summed E-state index contributed by atoms with van der Waals surface area (Å²) in [6, 6.07) is 4.52. The molecule has 2 aromatic rings. The van der Waals surface area contributed by atoms with Crippen LogP contribution in [-0.2, 0) is 6.61 Å². The van der Waals surface area contributed by atoms with Crippen molar-refractivity contribution >= 4 is 39.6 Å². The summed E-state index contributed by atoms with van der Waals surface area (Å²) in [6.07, 6.45) is 0. The Morgan fingerprint density at radius 2 is 2.35 bits per heavy atom. The molecule has 0 bridgehead atoms. The summed E-state index contributed by atoms with van der Waals surface area (Å²) in [5, 5.41) is 12.5. The molecule has 88 valence electrons. The van der Waals surface area contributed by atoms with E-state index in [0.717, 1.165) is 5.69 Å². The highest BCUT2D eigenvalue weighted by molar-refractivity contribution is 14.1. The standard InChI is InChI=1S/C10H7IN2O3S/c11-9-3-8(13(14)15)1-2-10(9)16-4-7-5-17-6-12-7/h1-3,5-6H,4H2. The van der Waals surface area contributed by atoms with Gasteiger partial charge in [-0.3, -0.25) is 10.1 Å². The Labute approximate surface area is 115 Å². The minimum Gasteiger partial charge on any atom is -0.486 e. The molecule has 1 heterocycles. The van der Waals surface area contributed by atoms with Gasteiger partial charge >= 0.3 is 0 Å².